The number of hydrogen-bond donors (Lipinski definition) is 1. The van der Waals surface area contributed by atoms with Gasteiger partial charge in [-0.1, -0.05) is 22.9 Å². The van der Waals surface area contributed by atoms with Crippen molar-refractivity contribution in [2.75, 3.05) is 0 Å². The first kappa shape index (κ1) is 9.16. The molecule has 1 nitrogen and oxygen atoms in total. The predicted molar refractivity (Wildman–Crippen MR) is 53.9 cm³/mol. The fourth-order valence-electron chi connectivity index (χ4n) is 1.89. The van der Waals surface area contributed by atoms with Crippen LogP contribution in [0.3, 0.4) is 0 Å². The van der Waals surface area contributed by atoms with Crippen molar-refractivity contribution in [1.29, 1.82) is 0 Å². The maximum Gasteiger partial charge on any atom is 0.127 e. The summed E-state index contributed by atoms with van der Waals surface area (Å²) in [5.74, 6) is 0.211. The fourth-order valence-corrected chi connectivity index (χ4v) is 2.34. The summed E-state index contributed by atoms with van der Waals surface area (Å²) in [7, 11) is 0. The van der Waals surface area contributed by atoms with E-state index in [1.165, 1.54) is 6.07 Å². The van der Waals surface area contributed by atoms with Gasteiger partial charge in [-0.05, 0) is 35.6 Å². The topological polar surface area (TPSA) is 26.0 Å². The molecule has 13 heavy (non-hydrogen) atoms. The molecule has 0 spiro atoms. The highest BCUT2D eigenvalue weighted by Gasteiger charge is 2.28. The van der Waals surface area contributed by atoms with Crippen molar-refractivity contribution in [3.63, 3.8) is 0 Å². The second-order valence-electron chi connectivity index (χ2n) is 3.66. The molecule has 2 atom stereocenters. The van der Waals surface area contributed by atoms with E-state index < -0.39 is 0 Å². The SMILES string of the molecule is CC1Cc2c(F)cc(Br)cc2C1N. The molecule has 0 aliphatic heterocycles. The summed E-state index contributed by atoms with van der Waals surface area (Å²) in [5, 5.41) is 0. The average molecular weight is 244 g/mol. The summed E-state index contributed by atoms with van der Waals surface area (Å²) in [5.41, 5.74) is 7.69. The minimum atomic E-state index is -0.135. The Labute approximate surface area is 85.3 Å². The third kappa shape index (κ3) is 1.40. The Bertz CT molecular complexity index is 351. The van der Waals surface area contributed by atoms with Crippen molar-refractivity contribution in [1.82, 2.24) is 0 Å². The van der Waals surface area contributed by atoms with E-state index in [1.807, 2.05) is 6.07 Å². The van der Waals surface area contributed by atoms with E-state index in [9.17, 15) is 4.39 Å². The van der Waals surface area contributed by atoms with Gasteiger partial charge in [0.1, 0.15) is 5.82 Å². The molecule has 0 bridgehead atoms. The highest BCUT2D eigenvalue weighted by atomic mass is 79.9. The molecule has 0 radical (unpaired) electrons. The maximum atomic E-state index is 13.4. The molecule has 70 valence electrons. The lowest BCUT2D eigenvalue weighted by Gasteiger charge is -2.09. The fraction of sp³-hybridized carbons (Fsp3) is 0.400. The molecule has 2 rings (SSSR count). The minimum Gasteiger partial charge on any atom is -0.324 e. The zero-order valence-corrected chi connectivity index (χ0v) is 8.94. The van der Waals surface area contributed by atoms with Crippen LogP contribution in [0.4, 0.5) is 4.39 Å². The highest BCUT2D eigenvalue weighted by molar-refractivity contribution is 9.10. The van der Waals surface area contributed by atoms with Gasteiger partial charge in [-0.2, -0.15) is 0 Å². The Balaban J connectivity index is 2.57. The second kappa shape index (κ2) is 3.07. The van der Waals surface area contributed by atoms with Crippen molar-refractivity contribution < 1.29 is 4.39 Å². The first-order valence-corrected chi connectivity index (χ1v) is 5.12. The van der Waals surface area contributed by atoms with E-state index in [-0.39, 0.29) is 11.9 Å². The lowest BCUT2D eigenvalue weighted by molar-refractivity contribution is 0.509. The van der Waals surface area contributed by atoms with E-state index in [2.05, 4.69) is 22.9 Å². The van der Waals surface area contributed by atoms with Gasteiger partial charge in [-0.25, -0.2) is 4.39 Å². The van der Waals surface area contributed by atoms with Crippen LogP contribution in [-0.4, -0.2) is 0 Å². The Morgan fingerprint density at radius 3 is 2.92 bits per heavy atom. The second-order valence-corrected chi connectivity index (χ2v) is 4.58. The van der Waals surface area contributed by atoms with Gasteiger partial charge in [-0.3, -0.25) is 0 Å². The minimum absolute atomic E-state index is 0.0120. The maximum absolute atomic E-state index is 13.4. The number of fused-ring (bicyclic) bond motifs is 1. The molecule has 2 N–H and O–H groups in total. The third-order valence-electron chi connectivity index (χ3n) is 2.69. The number of hydrogen-bond acceptors (Lipinski definition) is 1. The summed E-state index contributed by atoms with van der Waals surface area (Å²) >= 11 is 3.27. The molecule has 2 unspecified atom stereocenters. The summed E-state index contributed by atoms with van der Waals surface area (Å²) in [6.07, 6.45) is 0.760. The first-order valence-electron chi connectivity index (χ1n) is 4.33. The average Bonchev–Trinajstić information content (AvgIpc) is 2.32. The van der Waals surface area contributed by atoms with Crippen LogP contribution in [0, 0.1) is 11.7 Å². The van der Waals surface area contributed by atoms with Crippen LogP contribution in [0.15, 0.2) is 16.6 Å². The zero-order chi connectivity index (χ0) is 9.59. The van der Waals surface area contributed by atoms with E-state index in [0.717, 1.165) is 22.0 Å². The quantitative estimate of drug-likeness (QED) is 0.746. The molecule has 0 fully saturated rings. The number of halogens is 2. The summed E-state index contributed by atoms with van der Waals surface area (Å²) in [4.78, 5) is 0. The summed E-state index contributed by atoms with van der Waals surface area (Å²) < 4.78 is 14.2. The monoisotopic (exact) mass is 243 g/mol. The van der Waals surface area contributed by atoms with E-state index in [0.29, 0.717) is 5.92 Å². The largest absolute Gasteiger partial charge is 0.324 e. The van der Waals surface area contributed by atoms with Gasteiger partial charge in [0.05, 0.1) is 0 Å². The molecule has 0 saturated carbocycles. The van der Waals surface area contributed by atoms with Crippen LogP contribution < -0.4 is 5.73 Å². The van der Waals surface area contributed by atoms with Gasteiger partial charge >= 0.3 is 0 Å². The normalized spacial score (nSPS) is 26.2. The van der Waals surface area contributed by atoms with Gasteiger partial charge in [-0.15, -0.1) is 0 Å². The van der Waals surface area contributed by atoms with Crippen LogP contribution in [0.1, 0.15) is 24.1 Å². The van der Waals surface area contributed by atoms with Crippen LogP contribution in [0.2, 0.25) is 0 Å². The lowest BCUT2D eigenvalue weighted by atomic mass is 10.0. The molecule has 0 heterocycles. The third-order valence-corrected chi connectivity index (χ3v) is 3.15. The van der Waals surface area contributed by atoms with Crippen molar-refractivity contribution >= 4 is 15.9 Å². The predicted octanol–water partition coefficient (Wildman–Crippen LogP) is 2.78. The summed E-state index contributed by atoms with van der Waals surface area (Å²) in [6, 6.07) is 3.41. The van der Waals surface area contributed by atoms with E-state index in [1.54, 1.807) is 0 Å². The van der Waals surface area contributed by atoms with Gasteiger partial charge in [0, 0.05) is 10.5 Å². The lowest BCUT2D eigenvalue weighted by Crippen LogP contribution is -2.13. The highest BCUT2D eigenvalue weighted by Crippen LogP contribution is 2.37. The van der Waals surface area contributed by atoms with Crippen LogP contribution in [-0.2, 0) is 6.42 Å². The van der Waals surface area contributed by atoms with Crippen molar-refractivity contribution in [2.45, 2.75) is 19.4 Å². The molecule has 1 aromatic carbocycles. The Kier molecular flexibility index (Phi) is 2.16. The van der Waals surface area contributed by atoms with Crippen LogP contribution >= 0.6 is 15.9 Å². The van der Waals surface area contributed by atoms with Gasteiger partial charge in [0.2, 0.25) is 0 Å². The number of nitrogens with two attached hydrogens (primary N) is 1. The van der Waals surface area contributed by atoms with Crippen LogP contribution in [0.25, 0.3) is 0 Å². The summed E-state index contributed by atoms with van der Waals surface area (Å²) in [6.45, 7) is 2.05. The smallest absolute Gasteiger partial charge is 0.127 e. The van der Waals surface area contributed by atoms with Gasteiger partial charge < -0.3 is 5.73 Å². The van der Waals surface area contributed by atoms with Crippen LogP contribution in [0.5, 0.6) is 0 Å². The van der Waals surface area contributed by atoms with Crippen molar-refractivity contribution in [3.05, 3.63) is 33.5 Å². The molecule has 0 saturated heterocycles. The molecule has 1 aromatic rings. The Morgan fingerprint density at radius 1 is 1.54 bits per heavy atom. The number of rotatable bonds is 0. The Morgan fingerprint density at radius 2 is 2.23 bits per heavy atom. The molecule has 1 aliphatic rings. The van der Waals surface area contributed by atoms with Gasteiger partial charge in [0.15, 0.2) is 0 Å². The molecule has 0 aromatic heterocycles. The first-order chi connectivity index (χ1) is 6.09. The molecule has 1 aliphatic carbocycles. The van der Waals surface area contributed by atoms with Gasteiger partial charge in [0.25, 0.3) is 0 Å². The number of benzene rings is 1. The molecular formula is C10H11BrFN. The molecule has 0 amide bonds. The van der Waals surface area contributed by atoms with E-state index in [4.69, 9.17) is 5.73 Å². The standard InChI is InChI=1S/C10H11BrFN/c1-5-2-7-8(10(5)13)3-6(11)4-9(7)12/h3-5,10H,2,13H2,1H3. The molecular weight excluding hydrogens is 233 g/mol. The Hall–Kier alpha value is -0.410. The van der Waals surface area contributed by atoms with Crippen molar-refractivity contribution in [2.24, 2.45) is 11.7 Å². The zero-order valence-electron chi connectivity index (χ0n) is 7.35. The molecule has 3 heteroatoms. The van der Waals surface area contributed by atoms with E-state index >= 15 is 0 Å². The van der Waals surface area contributed by atoms with Crippen molar-refractivity contribution in [3.8, 4) is 0 Å².